The highest BCUT2D eigenvalue weighted by molar-refractivity contribution is 6.30. The molecular formula is C21H27ClN4O3. The summed E-state index contributed by atoms with van der Waals surface area (Å²) in [6.45, 7) is 6.46. The van der Waals surface area contributed by atoms with Gasteiger partial charge in [0.25, 0.3) is 0 Å². The number of halogens is 1. The number of carbonyl (C=O) groups excluding carboxylic acids is 1. The minimum absolute atomic E-state index is 0.348. The number of piperidine rings is 1. The third kappa shape index (κ3) is 6.03. The van der Waals surface area contributed by atoms with E-state index in [1.807, 2.05) is 0 Å². The number of nitrogens with zero attached hydrogens (tertiary/aromatic N) is 4. The van der Waals surface area contributed by atoms with Gasteiger partial charge in [0.15, 0.2) is 0 Å². The number of esters is 1. The van der Waals surface area contributed by atoms with E-state index in [2.05, 4.69) is 19.9 Å². The molecule has 0 N–H and O–H groups in total. The predicted octanol–water partition coefficient (Wildman–Crippen LogP) is 4.09. The first-order valence-corrected chi connectivity index (χ1v) is 10.4. The lowest BCUT2D eigenvalue weighted by atomic mass is 9.92. The van der Waals surface area contributed by atoms with Gasteiger partial charge >= 0.3 is 5.97 Å². The van der Waals surface area contributed by atoms with E-state index in [0.717, 1.165) is 44.7 Å². The molecule has 1 fully saturated rings. The van der Waals surface area contributed by atoms with Crippen LogP contribution in [0.2, 0.25) is 5.02 Å². The van der Waals surface area contributed by atoms with Gasteiger partial charge in [-0.05, 0) is 51.5 Å². The standard InChI is InChI=1S/C21H27ClN4O3/c1-3-28-20(27)18-6-7-19(25-15(18)2)29-12-4-5-16-8-10-26(11-9-16)21-23-13-17(22)14-24-21/h6-7,13-14,16H,3-5,8-12H2,1-2H3. The molecule has 0 bridgehead atoms. The molecule has 0 aliphatic carbocycles. The van der Waals surface area contributed by atoms with E-state index >= 15 is 0 Å². The quantitative estimate of drug-likeness (QED) is 0.472. The Morgan fingerprint density at radius 2 is 1.97 bits per heavy atom. The topological polar surface area (TPSA) is 77.4 Å². The maximum atomic E-state index is 11.8. The summed E-state index contributed by atoms with van der Waals surface area (Å²) >= 11 is 5.85. The zero-order chi connectivity index (χ0) is 20.6. The van der Waals surface area contributed by atoms with E-state index in [1.54, 1.807) is 38.4 Å². The van der Waals surface area contributed by atoms with Crippen LogP contribution in [0.3, 0.4) is 0 Å². The number of hydrogen-bond acceptors (Lipinski definition) is 7. The molecule has 0 unspecified atom stereocenters. The van der Waals surface area contributed by atoms with Crippen molar-refractivity contribution in [3.63, 3.8) is 0 Å². The maximum absolute atomic E-state index is 11.8. The summed E-state index contributed by atoms with van der Waals surface area (Å²) < 4.78 is 10.8. The smallest absolute Gasteiger partial charge is 0.339 e. The van der Waals surface area contributed by atoms with Crippen molar-refractivity contribution in [1.29, 1.82) is 0 Å². The number of anilines is 1. The van der Waals surface area contributed by atoms with Crippen LogP contribution in [-0.2, 0) is 4.74 Å². The SMILES string of the molecule is CCOC(=O)c1ccc(OCCCC2CCN(c3ncc(Cl)cn3)CC2)nc1C. The second-order valence-corrected chi connectivity index (χ2v) is 7.56. The molecule has 2 aromatic heterocycles. The summed E-state index contributed by atoms with van der Waals surface area (Å²) in [5.41, 5.74) is 1.10. The lowest BCUT2D eigenvalue weighted by Gasteiger charge is -2.31. The van der Waals surface area contributed by atoms with E-state index < -0.39 is 0 Å². The first-order valence-electron chi connectivity index (χ1n) is 10.1. The molecule has 0 atom stereocenters. The molecule has 1 aliphatic heterocycles. The minimum atomic E-state index is -0.348. The summed E-state index contributed by atoms with van der Waals surface area (Å²) in [6, 6.07) is 3.44. The van der Waals surface area contributed by atoms with Crippen molar-refractivity contribution in [2.75, 3.05) is 31.2 Å². The van der Waals surface area contributed by atoms with Crippen molar-refractivity contribution in [1.82, 2.24) is 15.0 Å². The normalized spacial score (nSPS) is 14.7. The van der Waals surface area contributed by atoms with Crippen molar-refractivity contribution in [3.05, 3.63) is 40.8 Å². The number of aromatic nitrogens is 3. The fraction of sp³-hybridized carbons (Fsp3) is 0.524. The lowest BCUT2D eigenvalue weighted by Crippen LogP contribution is -2.34. The highest BCUT2D eigenvalue weighted by Gasteiger charge is 2.20. The number of pyridine rings is 1. The van der Waals surface area contributed by atoms with Gasteiger partial charge in [0, 0.05) is 19.2 Å². The Morgan fingerprint density at radius 1 is 1.24 bits per heavy atom. The monoisotopic (exact) mass is 418 g/mol. The van der Waals surface area contributed by atoms with Gasteiger partial charge in [-0.1, -0.05) is 11.6 Å². The Labute approximate surface area is 176 Å². The van der Waals surface area contributed by atoms with Gasteiger partial charge in [-0.2, -0.15) is 0 Å². The Hall–Kier alpha value is -2.41. The molecule has 1 saturated heterocycles. The average Bonchev–Trinajstić information content (AvgIpc) is 2.72. The number of hydrogen-bond donors (Lipinski definition) is 0. The number of carbonyl (C=O) groups is 1. The second-order valence-electron chi connectivity index (χ2n) is 7.13. The fourth-order valence-electron chi connectivity index (χ4n) is 3.48. The summed E-state index contributed by atoms with van der Waals surface area (Å²) in [7, 11) is 0. The van der Waals surface area contributed by atoms with E-state index in [-0.39, 0.29) is 5.97 Å². The van der Waals surface area contributed by atoms with Crippen LogP contribution in [-0.4, -0.2) is 47.2 Å². The first kappa shape index (κ1) is 21.3. The third-order valence-electron chi connectivity index (χ3n) is 5.07. The Balaban J connectivity index is 1.37. The van der Waals surface area contributed by atoms with Crippen LogP contribution >= 0.6 is 11.6 Å². The highest BCUT2D eigenvalue weighted by atomic mass is 35.5. The Morgan fingerprint density at radius 3 is 2.62 bits per heavy atom. The molecule has 8 heteroatoms. The van der Waals surface area contributed by atoms with Crippen LogP contribution in [0.4, 0.5) is 5.95 Å². The van der Waals surface area contributed by atoms with E-state index in [1.165, 1.54) is 0 Å². The van der Waals surface area contributed by atoms with Gasteiger partial charge in [-0.15, -0.1) is 0 Å². The van der Waals surface area contributed by atoms with Gasteiger partial charge in [-0.25, -0.2) is 19.7 Å². The molecule has 3 rings (SSSR count). The van der Waals surface area contributed by atoms with Crippen LogP contribution < -0.4 is 9.64 Å². The van der Waals surface area contributed by atoms with Crippen molar-refractivity contribution in [2.24, 2.45) is 5.92 Å². The zero-order valence-corrected chi connectivity index (χ0v) is 17.7. The Bertz CT molecular complexity index is 808. The molecule has 0 amide bonds. The molecule has 0 saturated carbocycles. The lowest BCUT2D eigenvalue weighted by molar-refractivity contribution is 0.0525. The number of aryl methyl sites for hydroxylation is 1. The third-order valence-corrected chi connectivity index (χ3v) is 5.26. The van der Waals surface area contributed by atoms with E-state index in [9.17, 15) is 4.79 Å². The molecule has 29 heavy (non-hydrogen) atoms. The first-order chi connectivity index (χ1) is 14.1. The zero-order valence-electron chi connectivity index (χ0n) is 16.9. The van der Waals surface area contributed by atoms with E-state index in [0.29, 0.717) is 41.3 Å². The summed E-state index contributed by atoms with van der Waals surface area (Å²) in [6.07, 6.45) is 7.62. The molecular weight excluding hydrogens is 392 g/mol. The fourth-order valence-corrected chi connectivity index (χ4v) is 3.58. The van der Waals surface area contributed by atoms with Crippen LogP contribution in [0.15, 0.2) is 24.5 Å². The van der Waals surface area contributed by atoms with Gasteiger partial charge in [-0.3, -0.25) is 0 Å². The molecule has 1 aliphatic rings. The van der Waals surface area contributed by atoms with Crippen LogP contribution in [0.25, 0.3) is 0 Å². The molecule has 0 radical (unpaired) electrons. The summed E-state index contributed by atoms with van der Waals surface area (Å²) in [5, 5.41) is 0.559. The molecule has 2 aromatic rings. The van der Waals surface area contributed by atoms with Crippen molar-refractivity contribution in [3.8, 4) is 5.88 Å². The van der Waals surface area contributed by atoms with Gasteiger partial charge in [0.05, 0.1) is 41.9 Å². The molecule has 0 aromatic carbocycles. The van der Waals surface area contributed by atoms with Gasteiger partial charge in [0.2, 0.25) is 11.8 Å². The summed E-state index contributed by atoms with van der Waals surface area (Å²) in [4.78, 5) is 27.0. The second kappa shape index (κ2) is 10.4. The molecule has 7 nitrogen and oxygen atoms in total. The van der Waals surface area contributed by atoms with Crippen molar-refractivity contribution < 1.29 is 14.3 Å². The van der Waals surface area contributed by atoms with E-state index in [4.69, 9.17) is 21.1 Å². The number of ether oxygens (including phenoxy) is 2. The molecule has 3 heterocycles. The molecule has 156 valence electrons. The maximum Gasteiger partial charge on any atom is 0.339 e. The largest absolute Gasteiger partial charge is 0.478 e. The van der Waals surface area contributed by atoms with Gasteiger partial charge in [0.1, 0.15) is 0 Å². The number of rotatable bonds is 8. The average molecular weight is 419 g/mol. The Kier molecular flexibility index (Phi) is 7.63. The highest BCUT2D eigenvalue weighted by Crippen LogP contribution is 2.24. The van der Waals surface area contributed by atoms with Gasteiger partial charge < -0.3 is 14.4 Å². The van der Waals surface area contributed by atoms with Crippen molar-refractivity contribution >= 4 is 23.5 Å². The predicted molar refractivity (Wildman–Crippen MR) is 112 cm³/mol. The van der Waals surface area contributed by atoms with Crippen LogP contribution in [0.1, 0.15) is 48.7 Å². The summed E-state index contributed by atoms with van der Waals surface area (Å²) in [5.74, 6) is 1.64. The van der Waals surface area contributed by atoms with Crippen molar-refractivity contribution in [2.45, 2.75) is 39.5 Å². The minimum Gasteiger partial charge on any atom is -0.478 e. The molecule has 0 spiro atoms. The van der Waals surface area contributed by atoms with Crippen LogP contribution in [0, 0.1) is 12.8 Å². The van der Waals surface area contributed by atoms with Crippen LogP contribution in [0.5, 0.6) is 5.88 Å².